The molecule has 0 unspecified atom stereocenters. The zero-order chi connectivity index (χ0) is 12.6. The quantitative estimate of drug-likeness (QED) is 0.586. The minimum Gasteiger partial charge on any atom is -0.423 e. The molecule has 0 aliphatic carbocycles. The lowest BCUT2D eigenvalue weighted by Crippen LogP contribution is -2.07. The van der Waals surface area contributed by atoms with Gasteiger partial charge in [0, 0.05) is 22.6 Å². The van der Waals surface area contributed by atoms with E-state index in [4.69, 9.17) is 4.42 Å². The highest BCUT2D eigenvalue weighted by molar-refractivity contribution is 6.14. The Morgan fingerprint density at radius 2 is 1.71 bits per heavy atom. The van der Waals surface area contributed by atoms with E-state index in [1.165, 1.54) is 13.8 Å². The molecule has 1 heterocycles. The number of ketones is 2. The molecule has 0 saturated heterocycles. The number of carbonyl (C=O) groups excluding carboxylic acids is 2. The molecule has 0 fully saturated rings. The molecule has 0 atom stereocenters. The number of rotatable bonds is 2. The van der Waals surface area contributed by atoms with Crippen molar-refractivity contribution in [1.82, 2.24) is 0 Å². The molecule has 0 saturated carbocycles. The van der Waals surface area contributed by atoms with E-state index in [-0.39, 0.29) is 22.7 Å². The molecule has 1 aromatic heterocycles. The molecule has 1 aromatic carbocycles. The summed E-state index contributed by atoms with van der Waals surface area (Å²) in [4.78, 5) is 34.3. The topological polar surface area (TPSA) is 64.3 Å². The summed E-state index contributed by atoms with van der Waals surface area (Å²) in [6, 6.07) is 5.91. The van der Waals surface area contributed by atoms with E-state index >= 15 is 0 Å². The van der Waals surface area contributed by atoms with Crippen LogP contribution in [0, 0.1) is 0 Å². The van der Waals surface area contributed by atoms with Crippen LogP contribution in [0.4, 0.5) is 0 Å². The van der Waals surface area contributed by atoms with Gasteiger partial charge < -0.3 is 4.42 Å². The fourth-order valence-corrected chi connectivity index (χ4v) is 1.79. The highest BCUT2D eigenvalue weighted by Crippen LogP contribution is 2.22. The highest BCUT2D eigenvalue weighted by Gasteiger charge is 2.15. The molecule has 0 bridgehead atoms. The lowest BCUT2D eigenvalue weighted by molar-refractivity contribution is 0.101. The third kappa shape index (κ3) is 1.89. The summed E-state index contributed by atoms with van der Waals surface area (Å²) in [6.45, 7) is 2.76. The summed E-state index contributed by atoms with van der Waals surface area (Å²) in [7, 11) is 0. The predicted octanol–water partition coefficient (Wildman–Crippen LogP) is 2.20. The molecule has 0 radical (unpaired) electrons. The first kappa shape index (κ1) is 11.3. The van der Waals surface area contributed by atoms with Gasteiger partial charge in [0.1, 0.15) is 5.58 Å². The minimum atomic E-state index is -0.594. The van der Waals surface area contributed by atoms with Crippen molar-refractivity contribution in [2.75, 3.05) is 0 Å². The molecule has 0 aliphatic rings. The van der Waals surface area contributed by atoms with Gasteiger partial charge in [0.25, 0.3) is 0 Å². The Morgan fingerprint density at radius 1 is 1.06 bits per heavy atom. The molecule has 2 rings (SSSR count). The number of Topliss-reactive ketones (excluding diaryl/α,β-unsaturated/α-hetero) is 2. The summed E-state index contributed by atoms with van der Waals surface area (Å²) in [5.41, 5.74) is 0.275. The van der Waals surface area contributed by atoms with Crippen molar-refractivity contribution in [2.45, 2.75) is 13.8 Å². The lowest BCUT2D eigenvalue weighted by Gasteiger charge is -2.05. The van der Waals surface area contributed by atoms with Gasteiger partial charge in [-0.1, -0.05) is 12.1 Å². The Morgan fingerprint density at radius 3 is 2.29 bits per heavy atom. The van der Waals surface area contributed by atoms with Crippen molar-refractivity contribution in [2.24, 2.45) is 0 Å². The van der Waals surface area contributed by atoms with E-state index in [0.717, 1.165) is 6.07 Å². The Hall–Kier alpha value is -2.23. The first-order chi connectivity index (χ1) is 8.00. The standard InChI is InChI=1S/C13H10O4/c1-7(14)9-4-3-5-11-13(9)10(8(2)15)6-12(16)17-11/h3-6H,1-2H3. The van der Waals surface area contributed by atoms with E-state index in [2.05, 4.69) is 0 Å². The fraction of sp³-hybridized carbons (Fsp3) is 0.154. The number of hydrogen-bond acceptors (Lipinski definition) is 4. The van der Waals surface area contributed by atoms with Crippen LogP contribution >= 0.6 is 0 Å². The fourth-order valence-electron chi connectivity index (χ4n) is 1.79. The predicted molar refractivity (Wildman–Crippen MR) is 62.5 cm³/mol. The largest absolute Gasteiger partial charge is 0.423 e. The van der Waals surface area contributed by atoms with E-state index < -0.39 is 5.63 Å². The number of hydrogen-bond donors (Lipinski definition) is 0. The average Bonchev–Trinajstić information content (AvgIpc) is 2.26. The van der Waals surface area contributed by atoms with E-state index in [1.807, 2.05) is 0 Å². The summed E-state index contributed by atoms with van der Waals surface area (Å²) in [6.07, 6.45) is 0. The Balaban J connectivity index is 3.01. The third-order valence-corrected chi connectivity index (χ3v) is 2.53. The van der Waals surface area contributed by atoms with Gasteiger partial charge in [0.15, 0.2) is 11.6 Å². The van der Waals surface area contributed by atoms with Crippen LogP contribution in [0.25, 0.3) is 11.0 Å². The van der Waals surface area contributed by atoms with Crippen LogP contribution in [0.3, 0.4) is 0 Å². The second-order valence-electron chi connectivity index (χ2n) is 3.77. The Labute approximate surface area is 96.9 Å². The Kier molecular flexibility index (Phi) is 2.63. The SMILES string of the molecule is CC(=O)c1cccc2oc(=O)cc(C(C)=O)c12. The number of carbonyl (C=O) groups is 2. The van der Waals surface area contributed by atoms with Crippen molar-refractivity contribution in [1.29, 1.82) is 0 Å². The smallest absolute Gasteiger partial charge is 0.336 e. The molecule has 0 amide bonds. The van der Waals surface area contributed by atoms with Crippen molar-refractivity contribution >= 4 is 22.5 Å². The number of benzene rings is 1. The van der Waals surface area contributed by atoms with Crippen molar-refractivity contribution < 1.29 is 14.0 Å². The zero-order valence-electron chi connectivity index (χ0n) is 9.44. The maximum Gasteiger partial charge on any atom is 0.336 e. The van der Waals surface area contributed by atoms with Gasteiger partial charge in [-0.25, -0.2) is 4.79 Å². The second kappa shape index (κ2) is 3.97. The van der Waals surface area contributed by atoms with E-state index in [1.54, 1.807) is 18.2 Å². The first-order valence-corrected chi connectivity index (χ1v) is 5.09. The van der Waals surface area contributed by atoms with Crippen molar-refractivity contribution in [3.05, 3.63) is 45.8 Å². The summed E-state index contributed by atoms with van der Waals surface area (Å²) < 4.78 is 4.98. The molecule has 4 heteroatoms. The second-order valence-corrected chi connectivity index (χ2v) is 3.77. The average molecular weight is 230 g/mol. The molecule has 0 spiro atoms. The molecular weight excluding hydrogens is 220 g/mol. The van der Waals surface area contributed by atoms with Crippen LogP contribution in [-0.2, 0) is 0 Å². The highest BCUT2D eigenvalue weighted by atomic mass is 16.4. The molecule has 2 aromatic rings. The normalized spacial score (nSPS) is 10.5. The summed E-state index contributed by atoms with van der Waals surface area (Å²) >= 11 is 0. The third-order valence-electron chi connectivity index (χ3n) is 2.53. The first-order valence-electron chi connectivity index (χ1n) is 5.09. The van der Waals surface area contributed by atoms with Gasteiger partial charge >= 0.3 is 5.63 Å². The van der Waals surface area contributed by atoms with Gasteiger partial charge in [-0.05, 0) is 19.9 Å². The van der Waals surface area contributed by atoms with Gasteiger partial charge in [-0.3, -0.25) is 9.59 Å². The van der Waals surface area contributed by atoms with E-state index in [0.29, 0.717) is 10.9 Å². The molecule has 0 aliphatic heterocycles. The van der Waals surface area contributed by atoms with Gasteiger partial charge in [0.05, 0.1) is 0 Å². The van der Waals surface area contributed by atoms with Crippen molar-refractivity contribution in [3.8, 4) is 0 Å². The molecular formula is C13H10O4. The van der Waals surface area contributed by atoms with Crippen LogP contribution in [0.5, 0.6) is 0 Å². The Bertz CT molecular complexity index is 679. The molecule has 4 nitrogen and oxygen atoms in total. The van der Waals surface area contributed by atoms with Crippen LogP contribution < -0.4 is 5.63 Å². The summed E-state index contributed by atoms with van der Waals surface area (Å²) in [5, 5.41) is 0.409. The summed E-state index contributed by atoms with van der Waals surface area (Å²) in [5.74, 6) is -0.441. The monoisotopic (exact) mass is 230 g/mol. The minimum absolute atomic E-state index is 0.174. The van der Waals surface area contributed by atoms with Gasteiger partial charge in [-0.15, -0.1) is 0 Å². The molecule has 17 heavy (non-hydrogen) atoms. The zero-order valence-corrected chi connectivity index (χ0v) is 9.44. The van der Waals surface area contributed by atoms with Crippen molar-refractivity contribution in [3.63, 3.8) is 0 Å². The lowest BCUT2D eigenvalue weighted by atomic mass is 9.99. The number of fused-ring (bicyclic) bond motifs is 1. The molecule has 0 N–H and O–H groups in total. The van der Waals surface area contributed by atoms with Gasteiger partial charge in [-0.2, -0.15) is 0 Å². The maximum absolute atomic E-state index is 11.5. The van der Waals surface area contributed by atoms with Crippen LogP contribution in [0.15, 0.2) is 33.5 Å². The molecule has 86 valence electrons. The van der Waals surface area contributed by atoms with Crippen LogP contribution in [-0.4, -0.2) is 11.6 Å². The van der Waals surface area contributed by atoms with E-state index in [9.17, 15) is 14.4 Å². The maximum atomic E-state index is 11.5. The van der Waals surface area contributed by atoms with Crippen LogP contribution in [0.2, 0.25) is 0 Å². The van der Waals surface area contributed by atoms with Crippen LogP contribution in [0.1, 0.15) is 34.6 Å². The van der Waals surface area contributed by atoms with Gasteiger partial charge in [0.2, 0.25) is 0 Å².